The molecule has 0 N–H and O–H groups in total. The number of thiol groups is 1. The summed E-state index contributed by atoms with van der Waals surface area (Å²) in [6.45, 7) is 0. The zero-order chi connectivity index (χ0) is 12.4. The van der Waals surface area contributed by atoms with E-state index in [1.807, 2.05) is 12.1 Å². The van der Waals surface area contributed by atoms with Gasteiger partial charge in [0.05, 0.1) is 0 Å². The standard InChI is InChI=1S/C16H12S2/c17-14-11-15(12-7-3-1-4-8-12)18-16(14)13-9-5-2-6-10-13/h1-11,17H. The van der Waals surface area contributed by atoms with Gasteiger partial charge < -0.3 is 0 Å². The lowest BCUT2D eigenvalue weighted by atomic mass is 10.1. The number of hydrogen-bond acceptors (Lipinski definition) is 2. The van der Waals surface area contributed by atoms with E-state index in [-0.39, 0.29) is 0 Å². The third-order valence-electron chi connectivity index (χ3n) is 2.81. The van der Waals surface area contributed by atoms with Crippen molar-refractivity contribution in [2.24, 2.45) is 0 Å². The van der Waals surface area contributed by atoms with Crippen LogP contribution in [0.3, 0.4) is 0 Å². The fourth-order valence-corrected chi connectivity index (χ4v) is 3.47. The second-order valence-electron chi connectivity index (χ2n) is 4.06. The highest BCUT2D eigenvalue weighted by molar-refractivity contribution is 7.80. The first-order chi connectivity index (χ1) is 8.84. The third kappa shape index (κ3) is 2.22. The predicted octanol–water partition coefficient (Wildman–Crippen LogP) is 5.37. The molecule has 0 nitrogen and oxygen atoms in total. The van der Waals surface area contributed by atoms with Crippen molar-refractivity contribution in [2.75, 3.05) is 0 Å². The van der Waals surface area contributed by atoms with Crippen LogP contribution in [0.5, 0.6) is 0 Å². The summed E-state index contributed by atoms with van der Waals surface area (Å²) in [5.41, 5.74) is 2.48. The third-order valence-corrected chi connectivity index (χ3v) is 4.54. The van der Waals surface area contributed by atoms with Crippen molar-refractivity contribution >= 4 is 24.0 Å². The van der Waals surface area contributed by atoms with Crippen molar-refractivity contribution < 1.29 is 0 Å². The average Bonchev–Trinajstić information content (AvgIpc) is 2.83. The Kier molecular flexibility index (Phi) is 3.22. The number of rotatable bonds is 2. The second-order valence-corrected chi connectivity index (χ2v) is 5.59. The first kappa shape index (κ1) is 11.6. The number of hydrogen-bond donors (Lipinski definition) is 1. The lowest BCUT2D eigenvalue weighted by molar-refractivity contribution is 1.56. The summed E-state index contributed by atoms with van der Waals surface area (Å²) in [5, 5.41) is 0. The van der Waals surface area contributed by atoms with E-state index in [4.69, 9.17) is 0 Å². The SMILES string of the molecule is Sc1cc(-c2ccccc2)sc1-c1ccccc1. The van der Waals surface area contributed by atoms with Crippen molar-refractivity contribution in [1.29, 1.82) is 0 Å². The Bertz CT molecular complexity index is 639. The fourth-order valence-electron chi connectivity index (χ4n) is 1.92. The maximum atomic E-state index is 4.59. The van der Waals surface area contributed by atoms with Gasteiger partial charge in [-0.15, -0.1) is 24.0 Å². The van der Waals surface area contributed by atoms with Crippen LogP contribution < -0.4 is 0 Å². The van der Waals surface area contributed by atoms with Crippen LogP contribution in [-0.2, 0) is 0 Å². The van der Waals surface area contributed by atoms with Crippen LogP contribution in [0.4, 0.5) is 0 Å². The van der Waals surface area contributed by atoms with Crippen LogP contribution in [0.2, 0.25) is 0 Å². The average molecular weight is 268 g/mol. The van der Waals surface area contributed by atoms with E-state index < -0.39 is 0 Å². The highest BCUT2D eigenvalue weighted by Crippen LogP contribution is 2.39. The summed E-state index contributed by atoms with van der Waals surface area (Å²) in [5.74, 6) is 0. The largest absolute Gasteiger partial charge is 0.142 e. The van der Waals surface area contributed by atoms with Gasteiger partial charge in [-0.3, -0.25) is 0 Å². The molecule has 0 aliphatic rings. The normalized spacial score (nSPS) is 10.5. The smallest absolute Gasteiger partial charge is 0.0482 e. The topological polar surface area (TPSA) is 0 Å². The molecule has 0 aliphatic carbocycles. The summed E-state index contributed by atoms with van der Waals surface area (Å²) in [6.07, 6.45) is 0. The van der Waals surface area contributed by atoms with Crippen LogP contribution in [-0.4, -0.2) is 0 Å². The second kappa shape index (κ2) is 5.01. The molecule has 1 aromatic heterocycles. The van der Waals surface area contributed by atoms with Crippen LogP contribution in [0, 0.1) is 0 Å². The molecular formula is C16H12S2. The monoisotopic (exact) mass is 268 g/mol. The molecule has 0 saturated carbocycles. The molecule has 0 radical (unpaired) electrons. The van der Waals surface area contributed by atoms with E-state index in [2.05, 4.69) is 67.2 Å². The Morgan fingerprint density at radius 1 is 0.722 bits per heavy atom. The molecular weight excluding hydrogens is 256 g/mol. The van der Waals surface area contributed by atoms with Crippen LogP contribution >= 0.6 is 24.0 Å². The molecule has 0 unspecified atom stereocenters. The van der Waals surface area contributed by atoms with E-state index in [1.165, 1.54) is 20.9 Å². The quantitative estimate of drug-likeness (QED) is 0.593. The van der Waals surface area contributed by atoms with E-state index in [0.717, 1.165) is 4.90 Å². The number of thiophene rings is 1. The summed E-state index contributed by atoms with van der Waals surface area (Å²) in [6, 6.07) is 23.0. The Balaban J connectivity index is 2.07. The highest BCUT2D eigenvalue weighted by Gasteiger charge is 2.09. The molecule has 2 heteroatoms. The molecule has 2 aromatic carbocycles. The lowest BCUT2D eigenvalue weighted by Gasteiger charge is -1.97. The van der Waals surface area contributed by atoms with Crippen LogP contribution in [0.15, 0.2) is 71.6 Å². The zero-order valence-corrected chi connectivity index (χ0v) is 11.4. The minimum Gasteiger partial charge on any atom is -0.142 e. The molecule has 0 aliphatic heterocycles. The molecule has 0 spiro atoms. The molecule has 0 saturated heterocycles. The van der Waals surface area contributed by atoms with E-state index >= 15 is 0 Å². The van der Waals surface area contributed by atoms with Crippen molar-refractivity contribution in [2.45, 2.75) is 4.90 Å². The molecule has 88 valence electrons. The van der Waals surface area contributed by atoms with E-state index in [1.54, 1.807) is 11.3 Å². The van der Waals surface area contributed by atoms with Crippen LogP contribution in [0.25, 0.3) is 20.9 Å². The molecule has 18 heavy (non-hydrogen) atoms. The summed E-state index contributed by atoms with van der Waals surface area (Å²) in [4.78, 5) is 3.54. The molecule has 3 aromatic rings. The zero-order valence-electron chi connectivity index (χ0n) is 9.71. The van der Waals surface area contributed by atoms with Gasteiger partial charge in [0.1, 0.15) is 0 Å². The Labute approximate surface area is 116 Å². The first-order valence-corrected chi connectivity index (χ1v) is 7.04. The fraction of sp³-hybridized carbons (Fsp3) is 0. The summed E-state index contributed by atoms with van der Waals surface area (Å²) >= 11 is 6.38. The van der Waals surface area contributed by atoms with Gasteiger partial charge in [-0.1, -0.05) is 60.7 Å². The van der Waals surface area contributed by atoms with Gasteiger partial charge in [-0.05, 0) is 17.2 Å². The minimum atomic E-state index is 1.05. The van der Waals surface area contributed by atoms with Crippen molar-refractivity contribution in [1.82, 2.24) is 0 Å². The maximum absolute atomic E-state index is 4.59. The lowest BCUT2D eigenvalue weighted by Crippen LogP contribution is -1.70. The van der Waals surface area contributed by atoms with Gasteiger partial charge >= 0.3 is 0 Å². The number of benzene rings is 2. The van der Waals surface area contributed by atoms with Crippen LogP contribution in [0.1, 0.15) is 0 Å². The van der Waals surface area contributed by atoms with Gasteiger partial charge in [0.2, 0.25) is 0 Å². The van der Waals surface area contributed by atoms with Gasteiger partial charge in [-0.2, -0.15) is 0 Å². The van der Waals surface area contributed by atoms with Gasteiger partial charge in [0, 0.05) is 14.6 Å². The Hall–Kier alpha value is -1.51. The summed E-state index contributed by atoms with van der Waals surface area (Å²) < 4.78 is 0. The molecule has 0 atom stereocenters. The maximum Gasteiger partial charge on any atom is 0.0482 e. The Morgan fingerprint density at radius 3 is 1.89 bits per heavy atom. The van der Waals surface area contributed by atoms with E-state index in [0.29, 0.717) is 0 Å². The van der Waals surface area contributed by atoms with Crippen molar-refractivity contribution in [3.05, 3.63) is 66.7 Å². The molecule has 0 bridgehead atoms. The van der Waals surface area contributed by atoms with E-state index in [9.17, 15) is 0 Å². The molecule has 3 rings (SSSR count). The Morgan fingerprint density at radius 2 is 1.28 bits per heavy atom. The van der Waals surface area contributed by atoms with Crippen molar-refractivity contribution in [3.63, 3.8) is 0 Å². The first-order valence-electron chi connectivity index (χ1n) is 5.78. The molecule has 0 fully saturated rings. The van der Waals surface area contributed by atoms with Gasteiger partial charge in [0.15, 0.2) is 0 Å². The van der Waals surface area contributed by atoms with Gasteiger partial charge in [-0.25, -0.2) is 0 Å². The molecule has 1 heterocycles. The highest BCUT2D eigenvalue weighted by atomic mass is 32.1. The molecule has 0 amide bonds. The van der Waals surface area contributed by atoms with Gasteiger partial charge in [0.25, 0.3) is 0 Å². The summed E-state index contributed by atoms with van der Waals surface area (Å²) in [7, 11) is 0. The minimum absolute atomic E-state index is 1.05. The van der Waals surface area contributed by atoms with Crippen molar-refractivity contribution in [3.8, 4) is 20.9 Å². The predicted molar refractivity (Wildman–Crippen MR) is 82.4 cm³/mol.